The number of aliphatic hydroxyl groups is 1. The maximum Gasteiger partial charge on any atom is 0.272 e. The van der Waals surface area contributed by atoms with Gasteiger partial charge in [0.05, 0.1) is 11.8 Å². The summed E-state index contributed by atoms with van der Waals surface area (Å²) in [5, 5.41) is 16.9. The minimum atomic E-state index is -0.900. The molecular weight excluding hydrogens is 464 g/mol. The third-order valence-corrected chi connectivity index (χ3v) is 8.61. The highest BCUT2D eigenvalue weighted by atomic mass is 32.2. The van der Waals surface area contributed by atoms with Gasteiger partial charge >= 0.3 is 0 Å². The van der Waals surface area contributed by atoms with Gasteiger partial charge in [0.2, 0.25) is 5.91 Å². The second kappa shape index (κ2) is 11.1. The smallest absolute Gasteiger partial charge is 0.272 e. The van der Waals surface area contributed by atoms with Crippen LogP contribution in [0.1, 0.15) is 84.6 Å². The highest BCUT2D eigenvalue weighted by Gasteiger charge is 2.63. The number of amides is 2. The van der Waals surface area contributed by atoms with Crippen LogP contribution in [0.15, 0.2) is 18.6 Å². The molecule has 2 bridgehead atoms. The summed E-state index contributed by atoms with van der Waals surface area (Å²) in [6.07, 6.45) is 7.10. The van der Waals surface area contributed by atoms with Crippen LogP contribution in [0.5, 0.6) is 0 Å². The van der Waals surface area contributed by atoms with Gasteiger partial charge in [-0.15, -0.1) is 0 Å². The van der Waals surface area contributed by atoms with Crippen LogP contribution < -0.4 is 10.6 Å². The topological polar surface area (TPSA) is 113 Å². The fourth-order valence-corrected chi connectivity index (χ4v) is 6.73. The fraction of sp³-hybridized carbons (Fsp3) is 0.769. The summed E-state index contributed by atoms with van der Waals surface area (Å²) in [7, 11) is 0. The molecule has 0 aliphatic heterocycles. The Morgan fingerprint density at radius 1 is 1.11 bits per heavy atom. The summed E-state index contributed by atoms with van der Waals surface area (Å²) < 4.78 is 6.21. The first-order valence-corrected chi connectivity index (χ1v) is 13.5. The minimum absolute atomic E-state index is 0.130. The number of aromatic nitrogens is 2. The number of fused-ring (bicyclic) bond motifs is 2. The van der Waals surface area contributed by atoms with Crippen molar-refractivity contribution in [2.24, 2.45) is 29.1 Å². The van der Waals surface area contributed by atoms with Gasteiger partial charge in [-0.1, -0.05) is 41.5 Å². The van der Waals surface area contributed by atoms with Gasteiger partial charge in [0.25, 0.3) is 5.91 Å². The van der Waals surface area contributed by atoms with Crippen molar-refractivity contribution in [2.45, 2.75) is 97.3 Å². The zero-order chi connectivity index (χ0) is 26.0. The summed E-state index contributed by atoms with van der Waals surface area (Å²) >= 11 is 1.23. The van der Waals surface area contributed by atoms with Crippen molar-refractivity contribution in [1.29, 1.82) is 0 Å². The van der Waals surface area contributed by atoms with Gasteiger partial charge in [-0.05, 0) is 61.7 Å². The lowest BCUT2D eigenvalue weighted by molar-refractivity contribution is -0.236. The van der Waals surface area contributed by atoms with Crippen LogP contribution in [0.2, 0.25) is 0 Å². The van der Waals surface area contributed by atoms with Gasteiger partial charge in [-0.2, -0.15) is 0 Å². The largest absolute Gasteiger partial charge is 0.387 e. The van der Waals surface area contributed by atoms with Crippen LogP contribution in [-0.2, 0) is 8.98 Å². The van der Waals surface area contributed by atoms with Crippen molar-refractivity contribution >= 4 is 23.9 Å². The quantitative estimate of drug-likeness (QED) is 0.307. The van der Waals surface area contributed by atoms with E-state index in [1.165, 1.54) is 30.6 Å². The molecule has 9 heteroatoms. The average molecular weight is 507 g/mol. The Bertz CT molecular complexity index is 877. The van der Waals surface area contributed by atoms with E-state index < -0.39 is 17.6 Å². The standard InChI is InChI=1S/C26H42N4O4S/c1-15(2)10-18(29-24(32)19-14-27-8-9-28-19)23(31)30-22(11-16(3)4)35-34-21-13-17-12-20(25(17,5)6)26(21,7)33/h8-9,14-18,20-22,33H,10-13H2,1-7H3,(H,29,32)(H,30,31)/t17?,18-,20?,21?,22?,26+/m0/s1. The first kappa shape index (κ1) is 27.9. The van der Waals surface area contributed by atoms with Crippen molar-refractivity contribution < 1.29 is 18.9 Å². The van der Waals surface area contributed by atoms with Crippen molar-refractivity contribution in [3.63, 3.8) is 0 Å². The van der Waals surface area contributed by atoms with E-state index in [1.807, 2.05) is 20.8 Å². The van der Waals surface area contributed by atoms with E-state index in [0.717, 1.165) is 12.8 Å². The number of hydrogen-bond donors (Lipinski definition) is 3. The van der Waals surface area contributed by atoms with E-state index in [4.69, 9.17) is 4.18 Å². The lowest BCUT2D eigenvalue weighted by Gasteiger charge is -2.64. The molecule has 1 aromatic rings. The van der Waals surface area contributed by atoms with E-state index in [9.17, 15) is 14.7 Å². The zero-order valence-electron chi connectivity index (χ0n) is 22.1. The summed E-state index contributed by atoms with van der Waals surface area (Å²) in [6, 6.07) is -0.703. The molecule has 4 rings (SSSR count). The van der Waals surface area contributed by atoms with E-state index in [-0.39, 0.29) is 40.3 Å². The molecule has 0 saturated heterocycles. The van der Waals surface area contributed by atoms with Crippen molar-refractivity contribution in [1.82, 2.24) is 20.6 Å². The predicted molar refractivity (Wildman–Crippen MR) is 137 cm³/mol. The van der Waals surface area contributed by atoms with Gasteiger partial charge in [0, 0.05) is 24.4 Å². The Balaban J connectivity index is 1.64. The Morgan fingerprint density at radius 3 is 2.34 bits per heavy atom. The maximum atomic E-state index is 13.3. The summed E-state index contributed by atoms with van der Waals surface area (Å²) in [4.78, 5) is 33.9. The second-order valence-electron chi connectivity index (χ2n) is 11.8. The monoisotopic (exact) mass is 506 g/mol. The van der Waals surface area contributed by atoms with E-state index in [1.54, 1.807) is 0 Å². The number of carbonyl (C=O) groups excluding carboxylic acids is 2. The molecule has 4 unspecified atom stereocenters. The number of carbonyl (C=O) groups is 2. The second-order valence-corrected chi connectivity index (χ2v) is 12.8. The third kappa shape index (κ3) is 6.54. The predicted octanol–water partition coefficient (Wildman–Crippen LogP) is 3.96. The van der Waals surface area contributed by atoms with Crippen LogP contribution in [-0.4, -0.2) is 50.0 Å². The summed E-state index contributed by atoms with van der Waals surface area (Å²) in [5.41, 5.74) is -0.598. The van der Waals surface area contributed by atoms with Crippen LogP contribution in [0, 0.1) is 29.1 Å². The zero-order valence-corrected chi connectivity index (χ0v) is 22.9. The first-order valence-electron chi connectivity index (χ1n) is 12.7. The lowest BCUT2D eigenvalue weighted by Crippen LogP contribution is -2.66. The normalized spacial score (nSPS) is 28.8. The van der Waals surface area contributed by atoms with Gasteiger partial charge in [-0.25, -0.2) is 4.98 Å². The molecule has 6 atom stereocenters. The molecule has 2 amide bonds. The average Bonchev–Trinajstić information content (AvgIpc) is 2.76. The molecule has 0 spiro atoms. The Hall–Kier alpha value is -1.71. The maximum absolute atomic E-state index is 13.3. The number of hydrogen-bond acceptors (Lipinski definition) is 7. The first-order chi connectivity index (χ1) is 16.3. The van der Waals surface area contributed by atoms with Crippen LogP contribution in [0.3, 0.4) is 0 Å². The highest BCUT2D eigenvalue weighted by Crippen LogP contribution is 2.63. The summed E-state index contributed by atoms with van der Waals surface area (Å²) in [6.45, 7) is 14.6. The molecule has 8 nitrogen and oxygen atoms in total. The Kier molecular flexibility index (Phi) is 8.86. The summed E-state index contributed by atoms with van der Waals surface area (Å²) in [5.74, 6) is 0.605. The molecule has 1 heterocycles. The van der Waals surface area contributed by atoms with Crippen molar-refractivity contribution in [2.75, 3.05) is 0 Å². The molecule has 0 radical (unpaired) electrons. The Morgan fingerprint density at radius 2 is 1.80 bits per heavy atom. The molecule has 196 valence electrons. The molecule has 3 fully saturated rings. The number of nitrogens with zero attached hydrogens (tertiary/aromatic N) is 2. The molecule has 1 aromatic heterocycles. The van der Waals surface area contributed by atoms with E-state index in [0.29, 0.717) is 24.7 Å². The SMILES string of the molecule is CC(C)CC(NC(=O)[C@H](CC(C)C)NC(=O)c1cnccn1)SOC1CC2CC(C2(C)C)[C@@]1(C)O. The van der Waals surface area contributed by atoms with Crippen LogP contribution in [0.4, 0.5) is 0 Å². The van der Waals surface area contributed by atoms with Gasteiger partial charge < -0.3 is 19.9 Å². The molecule has 35 heavy (non-hydrogen) atoms. The number of nitrogens with one attached hydrogen (secondary N) is 2. The highest BCUT2D eigenvalue weighted by molar-refractivity contribution is 7.95. The van der Waals surface area contributed by atoms with E-state index in [2.05, 4.69) is 48.3 Å². The fourth-order valence-electron chi connectivity index (χ4n) is 5.56. The van der Waals surface area contributed by atoms with Crippen molar-refractivity contribution in [3.8, 4) is 0 Å². The van der Waals surface area contributed by atoms with Crippen molar-refractivity contribution in [3.05, 3.63) is 24.3 Å². The van der Waals surface area contributed by atoms with Gasteiger partial charge in [0.1, 0.15) is 23.2 Å². The van der Waals surface area contributed by atoms with E-state index >= 15 is 0 Å². The molecule has 3 N–H and O–H groups in total. The Labute approximate surface area is 214 Å². The molecule has 3 aliphatic rings. The molecule has 3 saturated carbocycles. The molecule has 0 aromatic carbocycles. The third-order valence-electron chi connectivity index (χ3n) is 7.73. The number of rotatable bonds is 11. The molecular formula is C26H42N4O4S. The molecule has 3 aliphatic carbocycles. The van der Waals surface area contributed by atoms with Gasteiger partial charge in [0.15, 0.2) is 0 Å². The van der Waals surface area contributed by atoms with Crippen LogP contribution in [0.25, 0.3) is 0 Å². The van der Waals surface area contributed by atoms with Crippen LogP contribution >= 0.6 is 12.0 Å². The lowest BCUT2D eigenvalue weighted by atomic mass is 9.43. The minimum Gasteiger partial charge on any atom is -0.387 e. The van der Waals surface area contributed by atoms with Gasteiger partial charge in [-0.3, -0.25) is 14.6 Å².